The molecule has 168 valence electrons. The molecule has 0 aliphatic heterocycles. The number of fused-ring (bicyclic) bond motifs is 1. The molecular weight excluding hydrogens is 455 g/mol. The van der Waals surface area contributed by atoms with Gasteiger partial charge >= 0.3 is 6.18 Å². The first-order chi connectivity index (χ1) is 14.4. The molecule has 2 amide bonds. The highest BCUT2D eigenvalue weighted by Crippen LogP contribution is 2.32. The van der Waals surface area contributed by atoms with Gasteiger partial charge in [0.25, 0.3) is 21.8 Å². The van der Waals surface area contributed by atoms with Crippen molar-refractivity contribution in [3.63, 3.8) is 0 Å². The van der Waals surface area contributed by atoms with Gasteiger partial charge in [0.15, 0.2) is 0 Å². The highest BCUT2D eigenvalue weighted by atomic mass is 32.2. The molecule has 7 nitrogen and oxygen atoms in total. The van der Waals surface area contributed by atoms with Crippen molar-refractivity contribution in [2.24, 2.45) is 5.92 Å². The lowest BCUT2D eigenvalue weighted by Crippen LogP contribution is -2.41. The van der Waals surface area contributed by atoms with E-state index in [2.05, 4.69) is 12.3 Å². The maximum absolute atomic E-state index is 12.4. The Bertz CT molecular complexity index is 1080. The van der Waals surface area contributed by atoms with Gasteiger partial charge in [-0.2, -0.15) is 13.2 Å². The summed E-state index contributed by atoms with van der Waals surface area (Å²) in [6, 6.07) is 6.05. The Morgan fingerprint density at radius 3 is 2.48 bits per heavy atom. The lowest BCUT2D eigenvalue weighted by molar-refractivity contribution is -0.123. The number of carbonyl (C=O) groups excluding carboxylic acids is 2. The summed E-state index contributed by atoms with van der Waals surface area (Å²) in [6.45, 7) is 0.643. The van der Waals surface area contributed by atoms with E-state index >= 15 is 0 Å². The second-order valence-corrected chi connectivity index (χ2v) is 10.1. The first-order valence-corrected chi connectivity index (χ1v) is 11.6. The average molecular weight is 476 g/mol. The maximum atomic E-state index is 12.4. The van der Waals surface area contributed by atoms with Gasteiger partial charge in [-0.15, -0.1) is 16.2 Å². The average Bonchev–Trinajstić information content (AvgIpc) is 3.13. The predicted octanol–water partition coefficient (Wildman–Crippen LogP) is 2.79. The Morgan fingerprint density at radius 1 is 1.16 bits per heavy atom. The van der Waals surface area contributed by atoms with Gasteiger partial charge in [0.05, 0.1) is 9.77 Å². The van der Waals surface area contributed by atoms with Gasteiger partial charge in [0, 0.05) is 10.4 Å². The van der Waals surface area contributed by atoms with Crippen molar-refractivity contribution in [3.8, 4) is 0 Å². The topological polar surface area (TPSA) is 104 Å². The summed E-state index contributed by atoms with van der Waals surface area (Å²) >= 11 is 1.33. The number of aryl methyl sites for hydroxylation is 1. The number of alkyl halides is 3. The van der Waals surface area contributed by atoms with Crippen LogP contribution in [0.25, 0.3) is 0 Å². The van der Waals surface area contributed by atoms with E-state index in [1.807, 2.05) is 4.83 Å². The van der Waals surface area contributed by atoms with Gasteiger partial charge in [-0.25, -0.2) is 8.42 Å². The number of carbonyl (C=O) groups is 2. The van der Waals surface area contributed by atoms with Crippen LogP contribution >= 0.6 is 11.3 Å². The molecule has 0 radical (unpaired) electrons. The second kappa shape index (κ2) is 8.97. The van der Waals surface area contributed by atoms with Crippen molar-refractivity contribution in [2.75, 3.05) is 6.54 Å². The van der Waals surface area contributed by atoms with E-state index in [-0.39, 0.29) is 10.5 Å². The summed E-state index contributed by atoms with van der Waals surface area (Å²) in [5.41, 5.74) is 3.14. The van der Waals surface area contributed by atoms with Crippen LogP contribution in [-0.4, -0.2) is 33.0 Å². The van der Waals surface area contributed by atoms with Crippen LogP contribution in [0.1, 0.15) is 43.8 Å². The Morgan fingerprint density at radius 2 is 1.84 bits per heavy atom. The first kappa shape index (κ1) is 23.2. The summed E-state index contributed by atoms with van der Waals surface area (Å²) in [7, 11) is -4.14. The van der Waals surface area contributed by atoms with Crippen molar-refractivity contribution in [3.05, 3.63) is 51.2 Å². The smallest absolute Gasteiger partial charge is 0.343 e. The molecule has 31 heavy (non-hydrogen) atoms. The third-order valence-corrected chi connectivity index (χ3v) is 7.23. The molecule has 0 bridgehead atoms. The Kier molecular flexibility index (Phi) is 6.72. The van der Waals surface area contributed by atoms with Crippen LogP contribution < -0.4 is 15.6 Å². The zero-order valence-electron chi connectivity index (χ0n) is 16.4. The van der Waals surface area contributed by atoms with E-state index in [1.165, 1.54) is 11.3 Å². The molecule has 3 N–H and O–H groups in total. The zero-order chi connectivity index (χ0) is 22.8. The fourth-order valence-electron chi connectivity index (χ4n) is 3.12. The minimum Gasteiger partial charge on any atom is -0.343 e. The first-order valence-electron chi connectivity index (χ1n) is 9.33. The highest BCUT2D eigenvalue weighted by Gasteiger charge is 2.28. The lowest BCUT2D eigenvalue weighted by atomic mass is 9.90. The third kappa shape index (κ3) is 6.05. The van der Waals surface area contributed by atoms with Gasteiger partial charge in [-0.05, 0) is 61.1 Å². The molecule has 1 aromatic carbocycles. The number of hydrogen-bond donors (Lipinski definition) is 3. The minimum absolute atomic E-state index is 0.134. The molecule has 1 heterocycles. The number of rotatable bonds is 6. The van der Waals surface area contributed by atoms with Crippen LogP contribution in [0.5, 0.6) is 0 Å². The second-order valence-electron chi connectivity index (χ2n) is 7.29. The van der Waals surface area contributed by atoms with Gasteiger partial charge in [-0.1, -0.05) is 6.92 Å². The van der Waals surface area contributed by atoms with Crippen LogP contribution in [0.4, 0.5) is 13.2 Å². The van der Waals surface area contributed by atoms with Crippen molar-refractivity contribution in [1.82, 2.24) is 15.6 Å². The molecule has 12 heteroatoms. The number of thiophene rings is 1. The molecule has 3 rings (SSSR count). The van der Waals surface area contributed by atoms with E-state index in [0.29, 0.717) is 10.8 Å². The molecule has 0 saturated heterocycles. The number of nitrogens with one attached hydrogen (secondary N) is 3. The minimum atomic E-state index is -4.55. The standard InChI is InChI=1S/C19H20F3N3O4S2/c1-11-2-7-15-13(8-11)9-16(30-15)18(27)24-25-31(28,29)14-5-3-12(4-6-14)17(26)23-10-19(20,21)22/h3-6,9,11,25H,2,7-8,10H2,1H3,(H,23,26)(H,24,27)/t11-/m1/s1. The van der Waals surface area contributed by atoms with Crippen LogP contribution in [0, 0.1) is 5.92 Å². The van der Waals surface area contributed by atoms with Crippen LogP contribution in [-0.2, 0) is 22.9 Å². The summed E-state index contributed by atoms with van der Waals surface area (Å²) < 4.78 is 61.3. The third-order valence-electron chi connectivity index (χ3n) is 4.73. The van der Waals surface area contributed by atoms with Crippen LogP contribution in [0.3, 0.4) is 0 Å². The van der Waals surface area contributed by atoms with Gasteiger partial charge in [-0.3, -0.25) is 15.0 Å². The normalized spacial score (nSPS) is 16.5. The summed E-state index contributed by atoms with van der Waals surface area (Å²) in [5, 5.41) is 1.69. The summed E-state index contributed by atoms with van der Waals surface area (Å²) in [4.78, 5) is 27.3. The van der Waals surface area contributed by atoms with Gasteiger partial charge in [0.2, 0.25) is 0 Å². The number of benzene rings is 1. The lowest BCUT2D eigenvalue weighted by Gasteiger charge is -2.16. The molecular formula is C19H20F3N3O4S2. The molecule has 1 atom stereocenters. The van der Waals surface area contributed by atoms with E-state index in [1.54, 1.807) is 11.4 Å². The molecule has 0 spiro atoms. The van der Waals surface area contributed by atoms with Crippen LogP contribution in [0.2, 0.25) is 0 Å². The van der Waals surface area contributed by atoms with Crippen molar-refractivity contribution in [2.45, 2.75) is 37.3 Å². The molecule has 0 saturated carbocycles. The predicted molar refractivity (Wildman–Crippen MR) is 108 cm³/mol. The molecule has 1 aromatic heterocycles. The van der Waals surface area contributed by atoms with Gasteiger partial charge < -0.3 is 5.32 Å². The van der Waals surface area contributed by atoms with E-state index < -0.39 is 34.6 Å². The maximum Gasteiger partial charge on any atom is 0.405 e. The summed E-state index contributed by atoms with van der Waals surface area (Å²) in [5.74, 6) is -1.03. The van der Waals surface area contributed by atoms with E-state index in [4.69, 9.17) is 0 Å². The van der Waals surface area contributed by atoms with E-state index in [9.17, 15) is 31.2 Å². The zero-order valence-corrected chi connectivity index (χ0v) is 18.0. The Balaban J connectivity index is 1.60. The van der Waals surface area contributed by atoms with E-state index in [0.717, 1.165) is 54.0 Å². The Labute approximate surface area is 181 Å². The van der Waals surface area contributed by atoms with Crippen LogP contribution in [0.15, 0.2) is 35.2 Å². The quantitative estimate of drug-likeness (QED) is 0.559. The number of hydrogen-bond acceptors (Lipinski definition) is 5. The highest BCUT2D eigenvalue weighted by molar-refractivity contribution is 7.89. The fraction of sp³-hybridized carbons (Fsp3) is 0.368. The molecule has 1 aliphatic carbocycles. The monoisotopic (exact) mass is 475 g/mol. The van der Waals surface area contributed by atoms with Crippen molar-refractivity contribution in [1.29, 1.82) is 0 Å². The fourth-order valence-corrected chi connectivity index (χ4v) is 5.06. The molecule has 2 aromatic rings. The largest absolute Gasteiger partial charge is 0.405 e. The van der Waals surface area contributed by atoms with Crippen molar-refractivity contribution >= 4 is 33.2 Å². The summed E-state index contributed by atoms with van der Waals surface area (Å²) in [6.07, 6.45) is -1.73. The molecule has 0 fully saturated rings. The number of sulfonamides is 1. The van der Waals surface area contributed by atoms with Crippen molar-refractivity contribution < 1.29 is 31.2 Å². The number of halogens is 3. The number of hydrazine groups is 1. The molecule has 0 unspecified atom stereocenters. The molecule has 1 aliphatic rings. The van der Waals surface area contributed by atoms with Gasteiger partial charge in [0.1, 0.15) is 6.54 Å². The number of amides is 2. The Hall–Kier alpha value is -2.44. The SMILES string of the molecule is C[C@@H]1CCc2sc(C(=O)NNS(=O)(=O)c3ccc(C(=O)NCC(F)(F)F)cc3)cc2C1.